The van der Waals surface area contributed by atoms with Gasteiger partial charge < -0.3 is 47.0 Å². The van der Waals surface area contributed by atoms with Crippen LogP contribution in [0, 0.1) is 17.3 Å². The Morgan fingerprint density at radius 2 is 1.43 bits per heavy atom. The van der Waals surface area contributed by atoms with Gasteiger partial charge in [0, 0.05) is 45.3 Å². The van der Waals surface area contributed by atoms with Crippen LogP contribution in [0.25, 0.3) is 0 Å². The SMILES string of the molecule is CCC[C@H](NC(=O)[C@@H]1CN(C(=O)Nc2ccccc2)C[C@@H]1NC(=O)[C@@H](NC(=O)[C@@H](NC(=O)c1cnccn1)C1CCCCC1)C(C)(C)C)C(=O)C(=O)N[C@@H](C)C(=O)N[C@H](C(=O)N(C)C)c1ccccc1. The van der Waals surface area contributed by atoms with Crippen molar-refractivity contribution in [3.63, 3.8) is 0 Å². The molecule has 7 atom stereocenters. The highest BCUT2D eigenvalue weighted by Crippen LogP contribution is 2.29. The number of urea groups is 1. The fraction of sp³-hybridized carbons (Fsp3) is 0.500. The van der Waals surface area contributed by atoms with Crippen LogP contribution in [0.15, 0.2) is 79.3 Å². The predicted molar refractivity (Wildman–Crippen MR) is 259 cm³/mol. The fourth-order valence-electron chi connectivity index (χ4n) is 8.56. The Morgan fingerprint density at radius 1 is 0.771 bits per heavy atom. The number of carbonyl (C=O) groups is 9. The molecule has 70 heavy (non-hydrogen) atoms. The Labute approximate surface area is 408 Å². The first-order chi connectivity index (χ1) is 33.3. The normalized spacial score (nSPS) is 18.1. The second kappa shape index (κ2) is 24.9. The highest BCUT2D eigenvalue weighted by Gasteiger charge is 2.45. The number of anilines is 1. The molecular formula is C50H67N11O9. The largest absolute Gasteiger partial charge is 0.349 e. The number of amides is 9. The number of nitrogens with zero attached hydrogens (tertiary/aromatic N) is 4. The Hall–Kier alpha value is -7.25. The van der Waals surface area contributed by atoms with Crippen LogP contribution >= 0.6 is 0 Å². The summed E-state index contributed by atoms with van der Waals surface area (Å²) >= 11 is 0. The van der Waals surface area contributed by atoms with Crippen LogP contribution in [0.4, 0.5) is 10.5 Å². The van der Waals surface area contributed by atoms with Crippen molar-refractivity contribution in [2.75, 3.05) is 32.5 Å². The van der Waals surface area contributed by atoms with E-state index in [4.69, 9.17) is 0 Å². The molecule has 0 spiro atoms. The maximum atomic E-state index is 14.5. The van der Waals surface area contributed by atoms with Gasteiger partial charge in [0.2, 0.25) is 35.3 Å². The quantitative estimate of drug-likeness (QED) is 0.0859. The van der Waals surface area contributed by atoms with Gasteiger partial charge in [-0.1, -0.05) is 102 Å². The zero-order valence-corrected chi connectivity index (χ0v) is 41.0. The minimum Gasteiger partial charge on any atom is -0.349 e. The lowest BCUT2D eigenvalue weighted by molar-refractivity contribution is -0.142. The number of para-hydroxylation sites is 1. The van der Waals surface area contributed by atoms with E-state index in [1.165, 1.54) is 35.3 Å². The van der Waals surface area contributed by atoms with Gasteiger partial charge in [-0.25, -0.2) is 9.78 Å². The lowest BCUT2D eigenvalue weighted by atomic mass is 9.82. The summed E-state index contributed by atoms with van der Waals surface area (Å²) < 4.78 is 0. The van der Waals surface area contributed by atoms with Crippen LogP contribution in [-0.2, 0) is 33.6 Å². The summed E-state index contributed by atoms with van der Waals surface area (Å²) in [6, 6.07) is 9.65. The molecule has 2 fully saturated rings. The molecule has 2 heterocycles. The molecule has 1 aliphatic carbocycles. The third-order valence-electron chi connectivity index (χ3n) is 12.5. The van der Waals surface area contributed by atoms with Crippen LogP contribution < -0.4 is 37.2 Å². The first-order valence-corrected chi connectivity index (χ1v) is 23.8. The van der Waals surface area contributed by atoms with E-state index in [9.17, 15) is 43.2 Å². The second-order valence-electron chi connectivity index (χ2n) is 19.2. The van der Waals surface area contributed by atoms with Gasteiger partial charge >= 0.3 is 6.03 Å². The monoisotopic (exact) mass is 966 g/mol. The van der Waals surface area contributed by atoms with Gasteiger partial charge in [0.15, 0.2) is 0 Å². The number of Topliss-reactive ketones (excluding diaryl/α,β-unsaturated/α-hetero) is 1. The number of hydrogen-bond acceptors (Lipinski definition) is 11. The summed E-state index contributed by atoms with van der Waals surface area (Å²) in [5.41, 5.74) is 0.115. The van der Waals surface area contributed by atoms with Gasteiger partial charge in [0.25, 0.3) is 11.8 Å². The molecule has 0 unspecified atom stereocenters. The molecule has 2 aliphatic rings. The van der Waals surface area contributed by atoms with Crippen molar-refractivity contribution in [2.24, 2.45) is 17.3 Å². The zero-order chi connectivity index (χ0) is 51.1. The van der Waals surface area contributed by atoms with Crippen LogP contribution in [-0.4, -0.2) is 130 Å². The van der Waals surface area contributed by atoms with Crippen LogP contribution in [0.3, 0.4) is 0 Å². The van der Waals surface area contributed by atoms with Gasteiger partial charge in [-0.2, -0.15) is 0 Å². The molecule has 0 bridgehead atoms. The molecule has 9 amide bonds. The molecule has 7 N–H and O–H groups in total. The van der Waals surface area contributed by atoms with Crippen molar-refractivity contribution in [1.82, 2.24) is 51.7 Å². The molecule has 2 aromatic carbocycles. The molecule has 3 aromatic rings. The number of carbonyl (C=O) groups excluding carboxylic acids is 9. The number of hydrogen-bond donors (Lipinski definition) is 7. The van der Waals surface area contributed by atoms with Crippen molar-refractivity contribution in [3.8, 4) is 0 Å². The minimum atomic E-state index is -1.36. The smallest absolute Gasteiger partial charge is 0.321 e. The van der Waals surface area contributed by atoms with Crippen LogP contribution in [0.5, 0.6) is 0 Å². The highest BCUT2D eigenvalue weighted by atomic mass is 16.2. The van der Waals surface area contributed by atoms with Gasteiger partial charge in [-0.05, 0) is 55.2 Å². The third-order valence-corrected chi connectivity index (χ3v) is 12.5. The average molecular weight is 966 g/mol. The van der Waals surface area contributed by atoms with E-state index in [0.717, 1.165) is 19.3 Å². The summed E-state index contributed by atoms with van der Waals surface area (Å²) in [6.07, 6.45) is 8.55. The lowest BCUT2D eigenvalue weighted by Gasteiger charge is -2.35. The van der Waals surface area contributed by atoms with E-state index in [0.29, 0.717) is 30.5 Å². The fourth-order valence-corrected chi connectivity index (χ4v) is 8.56. The zero-order valence-electron chi connectivity index (χ0n) is 41.0. The minimum absolute atomic E-state index is 0.0280. The number of ketones is 1. The van der Waals surface area contributed by atoms with E-state index in [1.807, 2.05) is 0 Å². The molecule has 1 aliphatic heterocycles. The highest BCUT2D eigenvalue weighted by molar-refractivity contribution is 6.38. The van der Waals surface area contributed by atoms with Gasteiger partial charge in [0.05, 0.1) is 24.2 Å². The number of likely N-dealkylation sites (tertiary alicyclic amines) is 1. The Bertz CT molecular complexity index is 2320. The summed E-state index contributed by atoms with van der Waals surface area (Å²) in [4.78, 5) is 135. The number of nitrogens with one attached hydrogen (secondary N) is 7. The standard InChI is InChI=1S/C50H67N11O9/c1-8-18-35(40(62)46(67)53-30(2)42(63)58-39(48(69)60(6)7)32-21-14-10-15-22-32)55-43(64)34-28-61(49(70)54-33-23-16-11-17-24-33)29-37(34)56-47(68)41(50(3,4)5)59-45(66)38(31-19-12-9-13-20-31)57-44(65)36-27-51-25-26-52-36/h10-11,14-17,21-27,30-31,34-35,37-39,41H,8-9,12-13,18-20,28-29H2,1-7H3,(H,53,67)(H,54,70)(H,55,64)(H,56,68)(H,57,65)(H,58,63)(H,59,66)/t30-,34+,35-,37-,38-,39-,41+/m0/s1. The molecule has 1 saturated carbocycles. The summed E-state index contributed by atoms with van der Waals surface area (Å²) in [6.45, 7) is 8.02. The maximum absolute atomic E-state index is 14.5. The van der Waals surface area contributed by atoms with Crippen LogP contribution in [0.2, 0.25) is 0 Å². The number of benzene rings is 2. The molecule has 376 valence electrons. The molecule has 5 rings (SSSR count). The van der Waals surface area contributed by atoms with Gasteiger partial charge in [-0.3, -0.25) is 43.3 Å². The summed E-state index contributed by atoms with van der Waals surface area (Å²) in [5.74, 6) is -7.27. The van der Waals surface area contributed by atoms with E-state index < -0.39 is 101 Å². The number of likely N-dealkylation sites (N-methyl/N-ethyl adjacent to an activating group) is 1. The van der Waals surface area contributed by atoms with Crippen LogP contribution in [0.1, 0.15) is 102 Å². The van der Waals surface area contributed by atoms with Crippen molar-refractivity contribution in [3.05, 3.63) is 90.5 Å². The number of rotatable bonds is 19. The van der Waals surface area contributed by atoms with Crippen molar-refractivity contribution < 1.29 is 43.2 Å². The lowest BCUT2D eigenvalue weighted by Crippen LogP contribution is -2.61. The first kappa shape index (κ1) is 53.7. The van der Waals surface area contributed by atoms with Crippen molar-refractivity contribution >= 4 is 58.9 Å². The Kier molecular flexibility index (Phi) is 19.1. The van der Waals surface area contributed by atoms with E-state index >= 15 is 0 Å². The van der Waals surface area contributed by atoms with Gasteiger partial charge in [-0.15, -0.1) is 0 Å². The van der Waals surface area contributed by atoms with E-state index in [-0.39, 0.29) is 31.1 Å². The average Bonchev–Trinajstić information content (AvgIpc) is 3.77. The molecule has 0 radical (unpaired) electrons. The van der Waals surface area contributed by atoms with Gasteiger partial charge in [0.1, 0.15) is 29.9 Å². The number of aromatic nitrogens is 2. The molecular weight excluding hydrogens is 899 g/mol. The second-order valence-corrected chi connectivity index (χ2v) is 19.2. The topological polar surface area (TPSA) is 270 Å². The molecule has 1 aromatic heterocycles. The van der Waals surface area contributed by atoms with E-state index in [2.05, 4.69) is 47.2 Å². The third kappa shape index (κ3) is 14.6. The summed E-state index contributed by atoms with van der Waals surface area (Å²) in [5, 5.41) is 19.2. The van der Waals surface area contributed by atoms with Crippen molar-refractivity contribution in [1.29, 1.82) is 0 Å². The summed E-state index contributed by atoms with van der Waals surface area (Å²) in [7, 11) is 3.08. The Morgan fingerprint density at radius 3 is 2.03 bits per heavy atom. The molecule has 20 heteroatoms. The maximum Gasteiger partial charge on any atom is 0.321 e. The first-order valence-electron chi connectivity index (χ1n) is 23.8. The van der Waals surface area contributed by atoms with E-state index in [1.54, 1.807) is 102 Å². The Balaban J connectivity index is 1.33. The van der Waals surface area contributed by atoms with Crippen molar-refractivity contribution in [2.45, 2.75) is 116 Å². The molecule has 20 nitrogen and oxygen atoms in total. The molecule has 1 saturated heterocycles. The predicted octanol–water partition coefficient (Wildman–Crippen LogP) is 2.64.